The average Bonchev–Trinajstić information content (AvgIpc) is 2.45. The number of nitrogens with two attached hydrogens (primary N) is 1. The van der Waals surface area contributed by atoms with Crippen LogP contribution in [0.3, 0.4) is 0 Å². The molecule has 1 aromatic rings. The molecule has 2 heterocycles. The van der Waals surface area contributed by atoms with Crippen molar-refractivity contribution in [3.63, 3.8) is 0 Å². The van der Waals surface area contributed by atoms with Crippen molar-refractivity contribution < 1.29 is 4.74 Å². The van der Waals surface area contributed by atoms with Gasteiger partial charge in [0.25, 0.3) is 0 Å². The summed E-state index contributed by atoms with van der Waals surface area (Å²) in [6, 6.07) is 1.98. The van der Waals surface area contributed by atoms with Crippen LogP contribution in [0.15, 0.2) is 6.20 Å². The SMILES string of the molecule is COCCC1CCCN(c2ncc(C#N)c(N)n2)C1. The van der Waals surface area contributed by atoms with Crippen LogP contribution in [0, 0.1) is 17.2 Å². The second-order valence-electron chi connectivity index (χ2n) is 4.82. The molecular weight excluding hydrogens is 242 g/mol. The molecule has 1 aliphatic heterocycles. The molecule has 2 rings (SSSR count). The highest BCUT2D eigenvalue weighted by atomic mass is 16.5. The fourth-order valence-corrected chi connectivity index (χ4v) is 2.39. The lowest BCUT2D eigenvalue weighted by Crippen LogP contribution is -2.37. The zero-order valence-electron chi connectivity index (χ0n) is 11.2. The van der Waals surface area contributed by atoms with Gasteiger partial charge in [-0.3, -0.25) is 0 Å². The molecule has 0 aromatic carbocycles. The van der Waals surface area contributed by atoms with Gasteiger partial charge in [0.15, 0.2) is 0 Å². The molecule has 0 saturated carbocycles. The third-order valence-electron chi connectivity index (χ3n) is 3.46. The van der Waals surface area contributed by atoms with Crippen molar-refractivity contribution in [3.8, 4) is 6.07 Å². The molecule has 6 heteroatoms. The predicted octanol–water partition coefficient (Wildman–Crippen LogP) is 1.18. The van der Waals surface area contributed by atoms with Crippen LogP contribution < -0.4 is 10.6 Å². The van der Waals surface area contributed by atoms with Crippen LogP contribution in [0.25, 0.3) is 0 Å². The van der Waals surface area contributed by atoms with Crippen molar-refractivity contribution in [1.82, 2.24) is 9.97 Å². The number of nitrogens with zero attached hydrogens (tertiary/aromatic N) is 4. The van der Waals surface area contributed by atoms with Gasteiger partial charge >= 0.3 is 0 Å². The summed E-state index contributed by atoms with van der Waals surface area (Å²) in [6.45, 7) is 2.65. The Hall–Kier alpha value is -1.87. The van der Waals surface area contributed by atoms with Gasteiger partial charge in [-0.15, -0.1) is 0 Å². The summed E-state index contributed by atoms with van der Waals surface area (Å²) in [7, 11) is 1.73. The number of methoxy groups -OCH3 is 1. The molecule has 2 N–H and O–H groups in total. The Morgan fingerprint density at radius 3 is 3.16 bits per heavy atom. The lowest BCUT2D eigenvalue weighted by Gasteiger charge is -2.32. The maximum atomic E-state index is 8.82. The quantitative estimate of drug-likeness (QED) is 0.875. The summed E-state index contributed by atoms with van der Waals surface area (Å²) in [5.74, 6) is 1.49. The van der Waals surface area contributed by atoms with Crippen LogP contribution in [-0.2, 0) is 4.74 Å². The maximum absolute atomic E-state index is 8.82. The second-order valence-corrected chi connectivity index (χ2v) is 4.82. The molecule has 1 atom stereocenters. The molecule has 0 radical (unpaired) electrons. The summed E-state index contributed by atoms with van der Waals surface area (Å²) in [5, 5.41) is 8.82. The summed E-state index contributed by atoms with van der Waals surface area (Å²) in [4.78, 5) is 10.6. The van der Waals surface area contributed by atoms with E-state index in [1.165, 1.54) is 12.6 Å². The summed E-state index contributed by atoms with van der Waals surface area (Å²) < 4.78 is 5.13. The van der Waals surface area contributed by atoms with Crippen molar-refractivity contribution in [1.29, 1.82) is 5.26 Å². The van der Waals surface area contributed by atoms with E-state index in [0.717, 1.165) is 32.5 Å². The van der Waals surface area contributed by atoms with Crippen LogP contribution in [-0.4, -0.2) is 36.8 Å². The first-order valence-electron chi connectivity index (χ1n) is 6.51. The van der Waals surface area contributed by atoms with E-state index < -0.39 is 0 Å². The van der Waals surface area contributed by atoms with E-state index in [2.05, 4.69) is 14.9 Å². The van der Waals surface area contributed by atoms with Crippen LogP contribution in [0.4, 0.5) is 11.8 Å². The van der Waals surface area contributed by atoms with Gasteiger partial charge in [0, 0.05) is 26.8 Å². The lowest BCUT2D eigenvalue weighted by molar-refractivity contribution is 0.172. The van der Waals surface area contributed by atoms with Crippen molar-refractivity contribution in [2.45, 2.75) is 19.3 Å². The number of rotatable bonds is 4. The Kier molecular flexibility index (Phi) is 4.53. The zero-order valence-corrected chi connectivity index (χ0v) is 11.2. The highest BCUT2D eigenvalue weighted by Gasteiger charge is 2.22. The average molecular weight is 261 g/mol. The van der Waals surface area contributed by atoms with Crippen molar-refractivity contribution in [2.75, 3.05) is 37.4 Å². The van der Waals surface area contributed by atoms with E-state index >= 15 is 0 Å². The Balaban J connectivity index is 2.05. The van der Waals surface area contributed by atoms with Gasteiger partial charge in [-0.1, -0.05) is 0 Å². The van der Waals surface area contributed by atoms with E-state index in [9.17, 15) is 0 Å². The Morgan fingerprint density at radius 1 is 1.63 bits per heavy atom. The van der Waals surface area contributed by atoms with Crippen molar-refractivity contribution >= 4 is 11.8 Å². The van der Waals surface area contributed by atoms with Crippen LogP contribution in [0.1, 0.15) is 24.8 Å². The van der Waals surface area contributed by atoms with E-state index in [-0.39, 0.29) is 5.82 Å². The number of nitriles is 1. The first-order chi connectivity index (χ1) is 9.24. The van der Waals surface area contributed by atoms with Gasteiger partial charge < -0.3 is 15.4 Å². The van der Waals surface area contributed by atoms with E-state index in [4.69, 9.17) is 15.7 Å². The molecule has 0 bridgehead atoms. The molecular formula is C13H19N5O. The number of aromatic nitrogens is 2. The number of piperidine rings is 1. The summed E-state index contributed by atoms with van der Waals surface area (Å²) >= 11 is 0. The molecule has 1 unspecified atom stereocenters. The van der Waals surface area contributed by atoms with Crippen LogP contribution >= 0.6 is 0 Å². The first kappa shape index (κ1) is 13.6. The topological polar surface area (TPSA) is 88.1 Å². The smallest absolute Gasteiger partial charge is 0.227 e. The van der Waals surface area contributed by atoms with Crippen molar-refractivity contribution in [3.05, 3.63) is 11.8 Å². The minimum atomic E-state index is 0.256. The van der Waals surface area contributed by atoms with Gasteiger partial charge in [-0.25, -0.2) is 4.98 Å². The van der Waals surface area contributed by atoms with Gasteiger partial charge in [0.1, 0.15) is 17.5 Å². The normalized spacial score (nSPS) is 19.2. The number of anilines is 2. The van der Waals surface area contributed by atoms with Gasteiger partial charge in [0.2, 0.25) is 5.95 Å². The van der Waals surface area contributed by atoms with E-state index in [0.29, 0.717) is 17.4 Å². The molecule has 1 saturated heterocycles. The van der Waals surface area contributed by atoms with Crippen LogP contribution in [0.5, 0.6) is 0 Å². The molecule has 19 heavy (non-hydrogen) atoms. The van der Waals surface area contributed by atoms with Crippen molar-refractivity contribution in [2.24, 2.45) is 5.92 Å². The minimum Gasteiger partial charge on any atom is -0.385 e. The second kappa shape index (κ2) is 6.34. The number of hydrogen-bond donors (Lipinski definition) is 1. The number of ether oxygens (including phenoxy) is 1. The van der Waals surface area contributed by atoms with Gasteiger partial charge in [0.05, 0.1) is 6.20 Å². The number of hydrogen-bond acceptors (Lipinski definition) is 6. The minimum absolute atomic E-state index is 0.256. The lowest BCUT2D eigenvalue weighted by atomic mass is 9.95. The first-order valence-corrected chi connectivity index (χ1v) is 6.51. The monoisotopic (exact) mass is 261 g/mol. The van der Waals surface area contributed by atoms with Gasteiger partial charge in [-0.05, 0) is 25.2 Å². The summed E-state index contributed by atoms with van der Waals surface area (Å²) in [6.07, 6.45) is 4.89. The highest BCUT2D eigenvalue weighted by molar-refractivity contribution is 5.50. The molecule has 1 aliphatic rings. The Labute approximate surface area is 113 Å². The zero-order chi connectivity index (χ0) is 13.7. The van der Waals surface area contributed by atoms with E-state index in [1.54, 1.807) is 7.11 Å². The molecule has 0 amide bonds. The third-order valence-corrected chi connectivity index (χ3v) is 3.46. The van der Waals surface area contributed by atoms with Gasteiger partial charge in [-0.2, -0.15) is 10.2 Å². The summed E-state index contributed by atoms with van der Waals surface area (Å²) in [5.41, 5.74) is 6.06. The largest absolute Gasteiger partial charge is 0.385 e. The van der Waals surface area contributed by atoms with Crippen LogP contribution in [0.2, 0.25) is 0 Å². The standard InChI is InChI=1S/C13H19N5O/c1-19-6-4-10-3-2-5-18(9-10)13-16-8-11(7-14)12(15)17-13/h8,10H,2-6,9H2,1H3,(H2,15,16,17). The molecule has 0 spiro atoms. The third kappa shape index (κ3) is 3.32. The highest BCUT2D eigenvalue weighted by Crippen LogP contribution is 2.23. The molecule has 6 nitrogen and oxygen atoms in total. The molecule has 1 fully saturated rings. The van der Waals surface area contributed by atoms with E-state index in [1.807, 2.05) is 6.07 Å². The number of nitrogen functional groups attached to an aromatic ring is 1. The Morgan fingerprint density at radius 2 is 2.47 bits per heavy atom. The fraction of sp³-hybridized carbons (Fsp3) is 0.615. The maximum Gasteiger partial charge on any atom is 0.227 e. The molecule has 102 valence electrons. The molecule has 1 aromatic heterocycles. The Bertz CT molecular complexity index is 471. The predicted molar refractivity (Wildman–Crippen MR) is 72.6 cm³/mol. The fourth-order valence-electron chi connectivity index (χ4n) is 2.39. The molecule has 0 aliphatic carbocycles.